The number of nitriles is 1. The number of fused-ring (bicyclic) bond motifs is 2. The van der Waals surface area contributed by atoms with Crippen LogP contribution < -0.4 is 31.4 Å². The number of alkyl halides is 3. The third kappa shape index (κ3) is 12.4. The fourth-order valence-corrected chi connectivity index (χ4v) is 10.9. The summed E-state index contributed by atoms with van der Waals surface area (Å²) < 4.78 is 81.2. The molecule has 0 radical (unpaired) electrons. The van der Waals surface area contributed by atoms with Gasteiger partial charge in [0, 0.05) is 23.7 Å². The maximum Gasteiger partial charge on any atom is 0.471 e. The lowest BCUT2D eigenvalue weighted by Gasteiger charge is -2.44. The maximum atomic E-state index is 14.0. The smallest absolute Gasteiger partial charge is 0.471 e. The van der Waals surface area contributed by atoms with E-state index in [1.54, 1.807) is 33.4 Å². The number of benzene rings is 3. The zero-order valence-corrected chi connectivity index (χ0v) is 41.8. The summed E-state index contributed by atoms with van der Waals surface area (Å²) in [6.07, 6.45) is -6.97. The lowest BCUT2D eigenvalue weighted by molar-refractivity contribution is -0.180. The number of aromatic nitrogens is 2. The zero-order chi connectivity index (χ0) is 51.7. The molecule has 2 saturated heterocycles. The van der Waals surface area contributed by atoms with Crippen LogP contribution in [0.25, 0.3) is 0 Å². The Morgan fingerprint density at radius 3 is 2.06 bits per heavy atom. The van der Waals surface area contributed by atoms with Crippen LogP contribution in [0.2, 0.25) is 0 Å². The molecule has 2 fully saturated rings. The topological polar surface area (TPSA) is 195 Å². The largest absolute Gasteiger partial charge is 0.497 e. The van der Waals surface area contributed by atoms with Crippen molar-refractivity contribution >= 4 is 20.3 Å². The predicted octanol–water partition coefficient (Wildman–Crippen LogP) is 6.87. The molecule has 0 aliphatic carbocycles. The molecule has 2 amide bonds. The molecular weight excluding hydrogens is 945 g/mol. The van der Waals surface area contributed by atoms with E-state index >= 15 is 0 Å². The number of aromatic amines is 1. The fourth-order valence-electron chi connectivity index (χ4n) is 9.13. The van der Waals surface area contributed by atoms with Crippen molar-refractivity contribution in [1.29, 1.82) is 5.26 Å². The number of halogens is 3. The normalized spacial score (nSPS) is 19.5. The molecule has 4 unspecified atom stereocenters. The molecular formula is C51H60F3N6O10P. The van der Waals surface area contributed by atoms with Gasteiger partial charge in [0.2, 0.25) is 5.91 Å². The Labute approximate surface area is 412 Å². The van der Waals surface area contributed by atoms with E-state index in [0.717, 1.165) is 16.7 Å². The maximum absolute atomic E-state index is 14.0. The number of hydrogen-bond acceptors (Lipinski definition) is 12. The van der Waals surface area contributed by atoms with Crippen molar-refractivity contribution in [3.8, 4) is 29.4 Å². The summed E-state index contributed by atoms with van der Waals surface area (Å²) in [7, 11) is 1.25. The molecule has 3 aromatic carbocycles. The minimum absolute atomic E-state index is 0.00382. The van der Waals surface area contributed by atoms with Gasteiger partial charge in [0.05, 0.1) is 46.5 Å². The summed E-state index contributed by atoms with van der Waals surface area (Å²) >= 11 is 0. The average molecular weight is 1010 g/mol. The van der Waals surface area contributed by atoms with E-state index < -0.39 is 79.8 Å². The highest BCUT2D eigenvalue weighted by Gasteiger charge is 2.66. The van der Waals surface area contributed by atoms with Gasteiger partial charge in [-0.1, -0.05) is 80.3 Å². The molecule has 1 aromatic heterocycles. The van der Waals surface area contributed by atoms with Crippen molar-refractivity contribution in [3.05, 3.63) is 128 Å². The van der Waals surface area contributed by atoms with Crippen molar-refractivity contribution in [1.82, 2.24) is 24.9 Å². The number of amides is 2. The van der Waals surface area contributed by atoms with E-state index in [0.29, 0.717) is 11.5 Å². The van der Waals surface area contributed by atoms with E-state index in [4.69, 9.17) is 28.0 Å². The van der Waals surface area contributed by atoms with Gasteiger partial charge < -0.3 is 38.6 Å². The SMILES string of the molecule is COc1ccc(C(CC23COC([C@H](n4cc(C#CCNC(=O)C(CC(C)C)NC(=O)C(F)(F)F)c(=O)[nH]c4=O)O2)[C@H]3OP(OCCC#N)N(C(C)C)C(C)C)(c2ccccc2)c2ccc(OC)cc2)cc1. The summed E-state index contributed by atoms with van der Waals surface area (Å²) in [6, 6.07) is 25.8. The second kappa shape index (κ2) is 23.5. The molecule has 0 saturated carbocycles. The standard InChI is InChI=1S/C51H60F3N6O10P/c1-32(2)28-41(57-47(63)51(52,53)54)45(62)56-26-12-14-35-29-59(48(64)58-44(35)61)46-42-43(70-71(68-27-13-25-55)60(33(3)4)34(5)6)49(69-46,31-67-42)30-50(36-15-10-9-11-16-36,37-17-21-39(65-7)22-18-37)38-19-23-40(66-8)24-20-38/h9-11,15-24,29,32-34,41-43,46H,13,26-28,30-31H2,1-8H3,(H,56,62)(H,57,63)(H,58,61,64)/t41?,42?,43-,46-,49?,71?/m1/s1. The van der Waals surface area contributed by atoms with Crippen molar-refractivity contribution in [3.63, 3.8) is 0 Å². The Morgan fingerprint density at radius 1 is 0.930 bits per heavy atom. The number of methoxy groups -OCH3 is 2. The summed E-state index contributed by atoms with van der Waals surface area (Å²) in [6.45, 7) is 11.1. The van der Waals surface area contributed by atoms with Crippen LogP contribution in [-0.2, 0) is 33.5 Å². The minimum Gasteiger partial charge on any atom is -0.497 e. The Morgan fingerprint density at radius 2 is 1.52 bits per heavy atom. The van der Waals surface area contributed by atoms with E-state index in [9.17, 15) is 37.6 Å². The molecule has 6 rings (SSSR count). The molecule has 3 N–H and O–H groups in total. The molecule has 20 heteroatoms. The average Bonchev–Trinajstić information content (AvgIpc) is 3.82. The van der Waals surface area contributed by atoms with Gasteiger partial charge in [-0.25, -0.2) is 9.46 Å². The molecule has 3 heterocycles. The highest BCUT2D eigenvalue weighted by molar-refractivity contribution is 7.44. The highest BCUT2D eigenvalue weighted by atomic mass is 31.2. The number of ether oxygens (including phenoxy) is 4. The van der Waals surface area contributed by atoms with E-state index in [-0.39, 0.29) is 56.0 Å². The van der Waals surface area contributed by atoms with Gasteiger partial charge in [0.1, 0.15) is 40.9 Å². The van der Waals surface area contributed by atoms with Crippen LogP contribution in [0.5, 0.6) is 11.5 Å². The van der Waals surface area contributed by atoms with Gasteiger partial charge in [-0.3, -0.25) is 23.9 Å². The molecule has 2 bridgehead atoms. The zero-order valence-electron chi connectivity index (χ0n) is 40.9. The monoisotopic (exact) mass is 1000 g/mol. The molecule has 2 aliphatic heterocycles. The summed E-state index contributed by atoms with van der Waals surface area (Å²) in [5.74, 6) is 3.14. The molecule has 16 nitrogen and oxygen atoms in total. The van der Waals surface area contributed by atoms with Crippen LogP contribution in [0.1, 0.15) is 89.3 Å². The quantitative estimate of drug-likeness (QED) is 0.0340. The van der Waals surface area contributed by atoms with Crippen LogP contribution in [0, 0.1) is 29.1 Å². The van der Waals surface area contributed by atoms with Crippen molar-refractivity contribution < 1.29 is 50.8 Å². The first-order chi connectivity index (χ1) is 33.8. The Balaban J connectivity index is 1.47. The van der Waals surface area contributed by atoms with Crippen molar-refractivity contribution in [2.45, 2.75) is 115 Å². The molecule has 0 spiro atoms. The molecule has 71 heavy (non-hydrogen) atoms. The van der Waals surface area contributed by atoms with E-state index in [1.165, 1.54) is 10.8 Å². The molecule has 2 aliphatic rings. The Hall–Kier alpha value is -6.05. The number of carbonyl (C=O) groups excluding carboxylic acids is 2. The van der Waals surface area contributed by atoms with E-state index in [2.05, 4.69) is 32.9 Å². The second-order valence-electron chi connectivity index (χ2n) is 18.2. The fraction of sp³-hybridized carbons (Fsp3) is 0.471. The van der Waals surface area contributed by atoms with E-state index in [1.807, 2.05) is 107 Å². The van der Waals surface area contributed by atoms with Crippen LogP contribution in [0.3, 0.4) is 0 Å². The number of nitrogens with zero attached hydrogens (tertiary/aromatic N) is 3. The number of nitrogens with one attached hydrogen (secondary N) is 3. The molecule has 6 atom stereocenters. The van der Waals surface area contributed by atoms with Gasteiger partial charge in [0.15, 0.2) is 6.23 Å². The third-order valence-corrected chi connectivity index (χ3v) is 14.4. The number of hydrogen-bond donors (Lipinski definition) is 3. The van der Waals surface area contributed by atoms with Crippen LogP contribution in [0.15, 0.2) is 94.6 Å². The Bertz CT molecular complexity index is 2630. The Kier molecular flexibility index (Phi) is 17.9. The number of carbonyl (C=O) groups is 2. The summed E-state index contributed by atoms with van der Waals surface area (Å²) in [5, 5.41) is 13.7. The van der Waals surface area contributed by atoms with Gasteiger partial charge in [0.25, 0.3) is 14.1 Å². The van der Waals surface area contributed by atoms with Gasteiger partial charge in [-0.15, -0.1) is 0 Å². The second-order valence-corrected chi connectivity index (χ2v) is 19.6. The van der Waals surface area contributed by atoms with Crippen LogP contribution in [0.4, 0.5) is 13.2 Å². The van der Waals surface area contributed by atoms with Crippen LogP contribution >= 0.6 is 8.53 Å². The molecule has 380 valence electrons. The summed E-state index contributed by atoms with van der Waals surface area (Å²) in [4.78, 5) is 54.3. The predicted molar refractivity (Wildman–Crippen MR) is 258 cm³/mol. The number of H-pyrrole nitrogens is 1. The number of rotatable bonds is 21. The van der Waals surface area contributed by atoms with Gasteiger partial charge in [-0.05, 0) is 87.4 Å². The first kappa shape index (κ1) is 54.3. The first-order valence-electron chi connectivity index (χ1n) is 23.2. The molecule has 4 aromatic rings. The van der Waals surface area contributed by atoms with Crippen LogP contribution in [-0.4, -0.2) is 102 Å². The first-order valence-corrected chi connectivity index (χ1v) is 24.3. The van der Waals surface area contributed by atoms with Gasteiger partial charge in [-0.2, -0.15) is 18.4 Å². The summed E-state index contributed by atoms with van der Waals surface area (Å²) in [5.41, 5.74) is -1.68. The highest BCUT2D eigenvalue weighted by Crippen LogP contribution is 2.59. The third-order valence-electron chi connectivity index (χ3n) is 12.2. The van der Waals surface area contributed by atoms with Gasteiger partial charge >= 0.3 is 17.8 Å². The van der Waals surface area contributed by atoms with Crippen molar-refractivity contribution in [2.75, 3.05) is 34.0 Å². The van der Waals surface area contributed by atoms with Crippen molar-refractivity contribution in [2.24, 2.45) is 5.92 Å². The minimum atomic E-state index is -5.20. The lowest BCUT2D eigenvalue weighted by Crippen LogP contribution is -2.51. The lowest BCUT2D eigenvalue weighted by atomic mass is 9.63.